The number of halogens is 3. The van der Waals surface area contributed by atoms with Crippen LogP contribution in [0.1, 0.15) is 12.5 Å². The van der Waals surface area contributed by atoms with Gasteiger partial charge in [-0.25, -0.2) is 0 Å². The number of hydrazine groups is 1. The third-order valence-electron chi connectivity index (χ3n) is 2.97. The van der Waals surface area contributed by atoms with Crippen LogP contribution >= 0.6 is 0 Å². The molecule has 1 aromatic carbocycles. The smallest absolute Gasteiger partial charge is 0.406 e. The lowest BCUT2D eigenvalue weighted by atomic mass is 10.1. The first-order chi connectivity index (χ1) is 9.90. The molecule has 3 rings (SSSR count). The summed E-state index contributed by atoms with van der Waals surface area (Å²) in [5.74, 6) is -0.240. The Morgan fingerprint density at radius 3 is 2.52 bits per heavy atom. The van der Waals surface area contributed by atoms with Crippen LogP contribution in [0.25, 0.3) is 5.70 Å². The van der Waals surface area contributed by atoms with Gasteiger partial charge in [0.1, 0.15) is 5.75 Å². The summed E-state index contributed by atoms with van der Waals surface area (Å²) in [4.78, 5) is 0. The van der Waals surface area contributed by atoms with E-state index in [0.29, 0.717) is 0 Å². The number of fused-ring (bicyclic) bond motifs is 1. The maximum Gasteiger partial charge on any atom is 0.573 e. The lowest BCUT2D eigenvalue weighted by Gasteiger charge is -2.23. The molecule has 0 saturated heterocycles. The highest BCUT2D eigenvalue weighted by atomic mass is 19.4. The van der Waals surface area contributed by atoms with Gasteiger partial charge in [-0.1, -0.05) is 0 Å². The Morgan fingerprint density at radius 2 is 1.86 bits per heavy atom. The van der Waals surface area contributed by atoms with E-state index < -0.39 is 6.36 Å². The molecule has 0 spiro atoms. The van der Waals surface area contributed by atoms with Crippen LogP contribution in [0.4, 0.5) is 13.2 Å². The maximum absolute atomic E-state index is 12.1. The van der Waals surface area contributed by atoms with Gasteiger partial charge in [-0.15, -0.1) is 13.2 Å². The fraction of sp³-hybridized carbons (Fsp3) is 0.143. The molecule has 1 aromatic rings. The van der Waals surface area contributed by atoms with E-state index in [1.54, 1.807) is 12.1 Å². The summed E-state index contributed by atoms with van der Waals surface area (Å²) in [6.07, 6.45) is 0.950. The molecule has 2 aliphatic heterocycles. The standard InChI is InChI=1S/C14H12F3N3O/c1-9-6-11-7-18-13(8-20(11)19-9)10-2-4-12(5-3-10)21-14(15,16)17/h2-8,18-19H,1H3. The lowest BCUT2D eigenvalue weighted by Crippen LogP contribution is -2.29. The van der Waals surface area contributed by atoms with Crippen LogP contribution in [0.2, 0.25) is 0 Å². The molecule has 2 aliphatic rings. The van der Waals surface area contributed by atoms with Gasteiger partial charge in [0.2, 0.25) is 0 Å². The molecule has 2 heterocycles. The van der Waals surface area contributed by atoms with Gasteiger partial charge < -0.3 is 10.1 Å². The zero-order valence-corrected chi connectivity index (χ0v) is 11.0. The second kappa shape index (κ2) is 4.76. The average Bonchev–Trinajstić information content (AvgIpc) is 2.76. The van der Waals surface area contributed by atoms with Gasteiger partial charge >= 0.3 is 6.36 Å². The normalized spacial score (nSPS) is 17.1. The number of ether oxygens (including phenoxy) is 1. The highest BCUT2D eigenvalue weighted by molar-refractivity contribution is 5.67. The molecule has 0 bridgehead atoms. The van der Waals surface area contributed by atoms with Gasteiger partial charge in [-0.05, 0) is 42.8 Å². The minimum Gasteiger partial charge on any atom is -0.406 e. The van der Waals surface area contributed by atoms with E-state index in [1.165, 1.54) is 12.1 Å². The van der Waals surface area contributed by atoms with Gasteiger partial charge in [0, 0.05) is 11.9 Å². The van der Waals surface area contributed by atoms with Gasteiger partial charge in [-0.3, -0.25) is 10.4 Å². The van der Waals surface area contributed by atoms with Crippen molar-refractivity contribution in [2.24, 2.45) is 0 Å². The Bertz CT molecular complexity index is 644. The second-order valence-electron chi connectivity index (χ2n) is 4.64. The van der Waals surface area contributed by atoms with E-state index in [4.69, 9.17) is 0 Å². The Hall–Kier alpha value is -2.57. The number of benzene rings is 1. The number of allylic oxidation sites excluding steroid dienone is 2. The molecule has 7 heteroatoms. The fourth-order valence-electron chi connectivity index (χ4n) is 2.11. The molecular weight excluding hydrogens is 283 g/mol. The van der Waals surface area contributed by atoms with Gasteiger partial charge in [0.05, 0.1) is 17.6 Å². The average molecular weight is 295 g/mol. The van der Waals surface area contributed by atoms with E-state index in [9.17, 15) is 13.2 Å². The van der Waals surface area contributed by atoms with Crippen LogP contribution in [0, 0.1) is 0 Å². The summed E-state index contributed by atoms with van der Waals surface area (Å²) in [7, 11) is 0. The van der Waals surface area contributed by atoms with Gasteiger partial charge in [0.25, 0.3) is 0 Å². The summed E-state index contributed by atoms with van der Waals surface area (Å²) >= 11 is 0. The van der Waals surface area contributed by atoms with Crippen LogP contribution in [0.5, 0.6) is 5.75 Å². The van der Waals surface area contributed by atoms with Crippen molar-refractivity contribution < 1.29 is 17.9 Å². The second-order valence-corrected chi connectivity index (χ2v) is 4.64. The number of alkyl halides is 3. The molecule has 0 atom stereocenters. The number of hydrogen-bond donors (Lipinski definition) is 2. The van der Waals surface area contributed by atoms with Crippen LogP contribution < -0.4 is 15.5 Å². The largest absolute Gasteiger partial charge is 0.573 e. The van der Waals surface area contributed by atoms with Crippen LogP contribution in [-0.4, -0.2) is 11.4 Å². The monoisotopic (exact) mass is 295 g/mol. The van der Waals surface area contributed by atoms with Crippen molar-refractivity contribution in [2.75, 3.05) is 0 Å². The van der Waals surface area contributed by atoms with Crippen LogP contribution in [0.3, 0.4) is 0 Å². The van der Waals surface area contributed by atoms with Crippen LogP contribution in [0.15, 0.2) is 54.1 Å². The van der Waals surface area contributed by atoms with Crippen LogP contribution in [-0.2, 0) is 0 Å². The molecule has 0 amide bonds. The van der Waals surface area contributed by atoms with Crippen molar-refractivity contribution in [3.8, 4) is 5.75 Å². The predicted molar refractivity (Wildman–Crippen MR) is 71.1 cm³/mol. The van der Waals surface area contributed by atoms with Crippen molar-refractivity contribution >= 4 is 5.70 Å². The Balaban J connectivity index is 1.76. The van der Waals surface area contributed by atoms with Crippen molar-refractivity contribution in [3.05, 3.63) is 59.7 Å². The Labute approximate surface area is 119 Å². The first-order valence-electron chi connectivity index (χ1n) is 6.20. The molecule has 0 aliphatic carbocycles. The third-order valence-corrected chi connectivity index (χ3v) is 2.97. The van der Waals surface area contributed by atoms with Crippen molar-refractivity contribution in [3.63, 3.8) is 0 Å². The molecule has 2 N–H and O–H groups in total. The topological polar surface area (TPSA) is 36.5 Å². The molecule has 0 radical (unpaired) electrons. The highest BCUT2D eigenvalue weighted by Gasteiger charge is 2.31. The number of hydrogen-bond acceptors (Lipinski definition) is 4. The van der Waals surface area contributed by atoms with E-state index in [2.05, 4.69) is 15.5 Å². The minimum atomic E-state index is -4.68. The summed E-state index contributed by atoms with van der Waals surface area (Å²) in [6.45, 7) is 1.94. The fourth-order valence-corrected chi connectivity index (χ4v) is 2.11. The number of nitrogens with one attached hydrogen (secondary N) is 2. The first-order valence-corrected chi connectivity index (χ1v) is 6.20. The molecule has 110 valence electrons. The number of nitrogens with zero attached hydrogens (tertiary/aromatic N) is 1. The summed E-state index contributed by atoms with van der Waals surface area (Å²) < 4.78 is 40.2. The molecule has 4 nitrogen and oxygen atoms in total. The Kier molecular flexibility index (Phi) is 3.04. The first kappa shape index (κ1) is 13.4. The van der Waals surface area contributed by atoms with Gasteiger partial charge in [0.15, 0.2) is 0 Å². The summed E-state index contributed by atoms with van der Waals surface area (Å²) in [5, 5.41) is 4.94. The zero-order valence-electron chi connectivity index (χ0n) is 11.0. The van der Waals surface area contributed by atoms with E-state index >= 15 is 0 Å². The van der Waals surface area contributed by atoms with E-state index in [-0.39, 0.29) is 5.75 Å². The van der Waals surface area contributed by atoms with Crippen molar-refractivity contribution in [2.45, 2.75) is 13.3 Å². The third kappa shape index (κ3) is 2.96. The zero-order chi connectivity index (χ0) is 15.0. The quantitative estimate of drug-likeness (QED) is 0.879. The summed E-state index contributed by atoms with van der Waals surface area (Å²) in [5.41, 5.74) is 6.64. The molecule has 0 aromatic heterocycles. The van der Waals surface area contributed by atoms with E-state index in [1.807, 2.05) is 30.4 Å². The molecule has 0 unspecified atom stereocenters. The molecule has 0 fully saturated rings. The minimum absolute atomic E-state index is 0.240. The van der Waals surface area contributed by atoms with Crippen molar-refractivity contribution in [1.29, 1.82) is 0 Å². The van der Waals surface area contributed by atoms with E-state index in [0.717, 1.165) is 22.7 Å². The highest BCUT2D eigenvalue weighted by Crippen LogP contribution is 2.26. The Morgan fingerprint density at radius 1 is 1.14 bits per heavy atom. The molecule has 21 heavy (non-hydrogen) atoms. The number of rotatable bonds is 2. The summed E-state index contributed by atoms with van der Waals surface area (Å²) in [6, 6.07) is 5.70. The van der Waals surface area contributed by atoms with Gasteiger partial charge in [-0.2, -0.15) is 0 Å². The predicted octanol–water partition coefficient (Wildman–Crippen LogP) is 3.05. The SMILES string of the molecule is CC1=CC2=CNC(c3ccc(OC(F)(F)F)cc3)=CN2N1. The molecular formula is C14H12F3N3O. The maximum atomic E-state index is 12.1. The lowest BCUT2D eigenvalue weighted by molar-refractivity contribution is -0.274. The molecule has 0 saturated carbocycles. The van der Waals surface area contributed by atoms with Crippen molar-refractivity contribution in [1.82, 2.24) is 15.8 Å².